The maximum atomic E-state index is 12.1. The van der Waals surface area contributed by atoms with E-state index in [0.29, 0.717) is 32.7 Å². The lowest BCUT2D eigenvalue weighted by molar-refractivity contribution is -0.129. The number of carbonyl (C=O) groups excluding carboxylic acids is 1. The minimum atomic E-state index is -0.559. The van der Waals surface area contributed by atoms with Crippen molar-refractivity contribution < 1.29 is 19.0 Å². The summed E-state index contributed by atoms with van der Waals surface area (Å²) in [4.78, 5) is 16.3. The second kappa shape index (κ2) is 8.29. The van der Waals surface area contributed by atoms with Crippen LogP contribution in [0.25, 0.3) is 12.2 Å². The number of aliphatic imine (C=N–C) groups is 1. The summed E-state index contributed by atoms with van der Waals surface area (Å²) in [5.74, 6) is 0.656. The Balaban J connectivity index is 1.90. The van der Waals surface area contributed by atoms with E-state index in [2.05, 4.69) is 4.99 Å². The van der Waals surface area contributed by atoms with Gasteiger partial charge in [0.2, 0.25) is 5.90 Å². The van der Waals surface area contributed by atoms with Crippen molar-refractivity contribution >= 4 is 47.2 Å². The van der Waals surface area contributed by atoms with Gasteiger partial charge in [-0.05, 0) is 29.8 Å². The summed E-state index contributed by atoms with van der Waals surface area (Å²) in [5.41, 5.74) is 1.49. The second-order valence-corrected chi connectivity index (χ2v) is 6.21. The summed E-state index contributed by atoms with van der Waals surface area (Å²) in [5, 5.41) is 0.854. The lowest BCUT2D eigenvalue weighted by atomic mass is 10.1. The largest absolute Gasteiger partial charge is 0.493 e. The van der Waals surface area contributed by atoms with Crippen molar-refractivity contribution in [2.75, 3.05) is 14.2 Å². The van der Waals surface area contributed by atoms with Crippen molar-refractivity contribution in [2.24, 2.45) is 4.99 Å². The summed E-state index contributed by atoms with van der Waals surface area (Å²) in [6.45, 7) is 0. The van der Waals surface area contributed by atoms with Crippen molar-refractivity contribution in [1.29, 1.82) is 0 Å². The average Bonchev–Trinajstić information content (AvgIpc) is 3.02. The zero-order chi connectivity index (χ0) is 19.4. The molecule has 0 spiro atoms. The number of carbonyl (C=O) groups is 1. The Labute approximate surface area is 166 Å². The van der Waals surface area contributed by atoms with Gasteiger partial charge in [0.15, 0.2) is 17.2 Å². The molecule has 3 rings (SSSR count). The number of nitrogens with zero attached hydrogens (tertiary/aromatic N) is 1. The Hall–Kier alpha value is -2.76. The van der Waals surface area contributed by atoms with E-state index in [1.54, 1.807) is 61.7 Å². The topological polar surface area (TPSA) is 57.1 Å². The summed E-state index contributed by atoms with van der Waals surface area (Å²) < 4.78 is 15.8. The van der Waals surface area contributed by atoms with Gasteiger partial charge in [-0.1, -0.05) is 47.5 Å². The van der Waals surface area contributed by atoms with Gasteiger partial charge in [0.25, 0.3) is 0 Å². The molecule has 0 aromatic heterocycles. The molecule has 0 bridgehead atoms. The standard InChI is InChI=1S/C20H15Cl2NO4/c1-25-16-8-4-6-13(19(16)26-2)11-15-20(24)27-17(23-15)10-9-12-5-3-7-14(21)18(12)22/h3-11H,1-2H3/b10-9+,15-11-. The molecule has 0 aliphatic carbocycles. The van der Waals surface area contributed by atoms with E-state index >= 15 is 0 Å². The number of esters is 1. The SMILES string of the molecule is COc1cccc(/C=C2N=C(/C=C/c3cccc(Cl)c3Cl)OC\2=O)c1OC. The number of hydrogen-bond donors (Lipinski definition) is 0. The fourth-order valence-corrected chi connectivity index (χ4v) is 2.85. The maximum Gasteiger partial charge on any atom is 0.363 e. The molecule has 1 aliphatic heterocycles. The third-order valence-corrected chi connectivity index (χ3v) is 4.58. The molecule has 2 aromatic rings. The molecule has 138 valence electrons. The molecule has 0 N–H and O–H groups in total. The van der Waals surface area contributed by atoms with Crippen LogP contribution in [-0.4, -0.2) is 26.1 Å². The van der Waals surface area contributed by atoms with Crippen molar-refractivity contribution in [3.05, 3.63) is 69.3 Å². The zero-order valence-electron chi connectivity index (χ0n) is 14.5. The van der Waals surface area contributed by atoms with Gasteiger partial charge < -0.3 is 14.2 Å². The highest BCUT2D eigenvalue weighted by molar-refractivity contribution is 6.42. The van der Waals surface area contributed by atoms with Gasteiger partial charge in [0.05, 0.1) is 24.3 Å². The molecule has 0 atom stereocenters. The van der Waals surface area contributed by atoms with Crippen LogP contribution in [0.2, 0.25) is 10.0 Å². The van der Waals surface area contributed by atoms with E-state index in [9.17, 15) is 4.79 Å². The fraction of sp³-hybridized carbons (Fsp3) is 0.100. The van der Waals surface area contributed by atoms with Crippen LogP contribution in [0, 0.1) is 0 Å². The van der Waals surface area contributed by atoms with E-state index in [0.717, 1.165) is 0 Å². The summed E-state index contributed by atoms with van der Waals surface area (Å²) in [6.07, 6.45) is 4.81. The number of cyclic esters (lactones) is 1. The Morgan fingerprint density at radius 1 is 1.00 bits per heavy atom. The minimum absolute atomic E-state index is 0.151. The van der Waals surface area contributed by atoms with Gasteiger partial charge in [-0.25, -0.2) is 9.79 Å². The smallest absolute Gasteiger partial charge is 0.363 e. The maximum absolute atomic E-state index is 12.1. The number of rotatable bonds is 5. The Kier molecular flexibility index (Phi) is 5.84. The third-order valence-electron chi connectivity index (χ3n) is 3.75. The third kappa shape index (κ3) is 4.15. The molecule has 1 heterocycles. The van der Waals surface area contributed by atoms with Gasteiger partial charge in [-0.15, -0.1) is 0 Å². The average molecular weight is 404 g/mol. The van der Waals surface area contributed by atoms with Crippen LogP contribution in [0.15, 0.2) is 53.2 Å². The number of methoxy groups -OCH3 is 2. The molecule has 0 fully saturated rings. The van der Waals surface area contributed by atoms with Gasteiger partial charge in [0.1, 0.15) is 0 Å². The fourth-order valence-electron chi connectivity index (χ4n) is 2.48. The lowest BCUT2D eigenvalue weighted by Crippen LogP contribution is -2.01. The van der Waals surface area contributed by atoms with Crippen LogP contribution in [0.5, 0.6) is 11.5 Å². The zero-order valence-corrected chi connectivity index (χ0v) is 16.0. The highest BCUT2D eigenvalue weighted by atomic mass is 35.5. The molecule has 27 heavy (non-hydrogen) atoms. The molecule has 7 heteroatoms. The summed E-state index contributed by atoms with van der Waals surface area (Å²) in [6, 6.07) is 10.6. The van der Waals surface area contributed by atoms with E-state index in [-0.39, 0.29) is 11.6 Å². The molecule has 0 amide bonds. The first-order chi connectivity index (χ1) is 13.0. The normalized spacial score (nSPS) is 15.2. The van der Waals surface area contributed by atoms with Crippen LogP contribution >= 0.6 is 23.2 Å². The van der Waals surface area contributed by atoms with Crippen LogP contribution < -0.4 is 9.47 Å². The van der Waals surface area contributed by atoms with Gasteiger partial charge in [-0.3, -0.25) is 0 Å². The predicted molar refractivity (Wildman–Crippen MR) is 107 cm³/mol. The molecular weight excluding hydrogens is 389 g/mol. The number of benzene rings is 2. The molecule has 0 radical (unpaired) electrons. The number of halogens is 2. The second-order valence-electron chi connectivity index (χ2n) is 5.43. The highest BCUT2D eigenvalue weighted by Gasteiger charge is 2.22. The monoisotopic (exact) mass is 403 g/mol. The summed E-state index contributed by atoms with van der Waals surface area (Å²) >= 11 is 12.1. The Morgan fingerprint density at radius 2 is 1.74 bits per heavy atom. The van der Waals surface area contributed by atoms with E-state index in [4.69, 9.17) is 37.4 Å². The first kappa shape index (κ1) is 19.0. The van der Waals surface area contributed by atoms with Gasteiger partial charge >= 0.3 is 5.97 Å². The first-order valence-electron chi connectivity index (χ1n) is 7.89. The molecule has 0 saturated heterocycles. The minimum Gasteiger partial charge on any atom is -0.493 e. The molecule has 2 aromatic carbocycles. The van der Waals surface area contributed by atoms with Crippen molar-refractivity contribution in [3.63, 3.8) is 0 Å². The quantitative estimate of drug-likeness (QED) is 0.519. The Morgan fingerprint density at radius 3 is 2.48 bits per heavy atom. The molecule has 0 saturated carbocycles. The number of para-hydroxylation sites is 1. The van der Waals surface area contributed by atoms with E-state index < -0.39 is 5.97 Å². The van der Waals surface area contributed by atoms with Crippen LogP contribution in [0.3, 0.4) is 0 Å². The van der Waals surface area contributed by atoms with E-state index in [1.807, 2.05) is 0 Å². The van der Waals surface area contributed by atoms with Crippen LogP contribution in [-0.2, 0) is 9.53 Å². The Bertz CT molecular complexity index is 980. The van der Waals surface area contributed by atoms with Crippen molar-refractivity contribution in [2.45, 2.75) is 0 Å². The first-order valence-corrected chi connectivity index (χ1v) is 8.64. The molecular formula is C20H15Cl2NO4. The van der Waals surface area contributed by atoms with Gasteiger partial charge in [0, 0.05) is 11.6 Å². The van der Waals surface area contributed by atoms with Gasteiger partial charge in [-0.2, -0.15) is 0 Å². The summed E-state index contributed by atoms with van der Waals surface area (Å²) in [7, 11) is 3.07. The number of ether oxygens (including phenoxy) is 3. The van der Waals surface area contributed by atoms with Crippen molar-refractivity contribution in [3.8, 4) is 11.5 Å². The van der Waals surface area contributed by atoms with Crippen molar-refractivity contribution in [1.82, 2.24) is 0 Å². The molecule has 0 unspecified atom stereocenters. The predicted octanol–water partition coefficient (Wildman–Crippen LogP) is 5.02. The van der Waals surface area contributed by atoms with E-state index in [1.165, 1.54) is 7.11 Å². The molecule has 1 aliphatic rings. The van der Waals surface area contributed by atoms with Crippen LogP contribution in [0.4, 0.5) is 0 Å². The van der Waals surface area contributed by atoms with Crippen LogP contribution in [0.1, 0.15) is 11.1 Å². The number of hydrogen-bond acceptors (Lipinski definition) is 5. The highest BCUT2D eigenvalue weighted by Crippen LogP contribution is 2.33. The lowest BCUT2D eigenvalue weighted by Gasteiger charge is -2.09. The molecule has 5 nitrogen and oxygen atoms in total.